The van der Waals surface area contributed by atoms with Crippen molar-refractivity contribution in [1.29, 1.82) is 0 Å². The largest absolute Gasteiger partial charge is 0.432 e. The van der Waals surface area contributed by atoms with Gasteiger partial charge in [0.2, 0.25) is 0 Å². The summed E-state index contributed by atoms with van der Waals surface area (Å²) in [6.07, 6.45) is 4.35. The Bertz CT molecular complexity index is 265. The molecule has 1 aromatic heterocycles. The van der Waals surface area contributed by atoms with Crippen LogP contribution in [-0.4, -0.2) is 11.0 Å². The van der Waals surface area contributed by atoms with Gasteiger partial charge in [0.25, 0.3) is 6.01 Å². The van der Waals surface area contributed by atoms with Crippen molar-refractivity contribution in [3.63, 3.8) is 0 Å². The monoisotopic (exact) mass is 166 g/mol. The molecule has 0 amide bonds. The van der Waals surface area contributed by atoms with E-state index in [1.807, 2.05) is 6.92 Å². The van der Waals surface area contributed by atoms with Crippen LogP contribution >= 0.6 is 0 Å². The molecule has 1 aliphatic rings. The molecule has 1 atom stereocenters. The van der Waals surface area contributed by atoms with Crippen LogP contribution in [0.15, 0.2) is 10.7 Å². The molecule has 1 aliphatic carbocycles. The molecule has 0 spiro atoms. The molecule has 1 N–H and O–H groups in total. The van der Waals surface area contributed by atoms with Gasteiger partial charge in [0.15, 0.2) is 0 Å². The predicted octanol–water partition coefficient (Wildman–Crippen LogP) is 2.19. The normalized spacial score (nSPS) is 19.2. The number of hydrogen-bond acceptors (Lipinski definition) is 3. The second-order valence-corrected chi connectivity index (χ2v) is 3.56. The second kappa shape index (κ2) is 2.81. The molecule has 12 heavy (non-hydrogen) atoms. The Labute approximate surface area is 72.2 Å². The predicted molar refractivity (Wildman–Crippen MR) is 47.0 cm³/mol. The smallest absolute Gasteiger partial charge is 0.294 e. The van der Waals surface area contributed by atoms with Gasteiger partial charge in [-0.2, -0.15) is 4.98 Å². The lowest BCUT2D eigenvalue weighted by atomic mass is 10.2. The first-order valence-electron chi connectivity index (χ1n) is 4.44. The van der Waals surface area contributed by atoms with Crippen molar-refractivity contribution in [2.45, 2.75) is 32.7 Å². The summed E-state index contributed by atoms with van der Waals surface area (Å²) in [4.78, 5) is 4.18. The zero-order valence-electron chi connectivity index (χ0n) is 7.50. The van der Waals surface area contributed by atoms with E-state index >= 15 is 0 Å². The molecule has 0 bridgehead atoms. The van der Waals surface area contributed by atoms with Crippen LogP contribution in [0.1, 0.15) is 25.5 Å². The Morgan fingerprint density at radius 1 is 1.67 bits per heavy atom. The second-order valence-electron chi connectivity index (χ2n) is 3.56. The highest BCUT2D eigenvalue weighted by Gasteiger charge is 2.28. The number of aryl methyl sites for hydroxylation is 1. The van der Waals surface area contributed by atoms with Crippen LogP contribution in [0.2, 0.25) is 0 Å². The highest BCUT2D eigenvalue weighted by molar-refractivity contribution is 5.23. The average molecular weight is 166 g/mol. The summed E-state index contributed by atoms with van der Waals surface area (Å²) in [7, 11) is 0. The minimum atomic E-state index is 0.503. The Morgan fingerprint density at radius 3 is 2.92 bits per heavy atom. The molecular formula is C9H14N2O. The van der Waals surface area contributed by atoms with Crippen LogP contribution in [0.25, 0.3) is 0 Å². The summed E-state index contributed by atoms with van der Waals surface area (Å²) in [5, 5.41) is 3.25. The lowest BCUT2D eigenvalue weighted by Crippen LogP contribution is -2.17. The highest BCUT2D eigenvalue weighted by atomic mass is 16.4. The molecule has 0 aliphatic heterocycles. The lowest BCUT2D eigenvalue weighted by molar-refractivity contribution is 0.550. The number of nitrogens with one attached hydrogen (secondary N) is 1. The van der Waals surface area contributed by atoms with E-state index in [1.165, 1.54) is 12.8 Å². The van der Waals surface area contributed by atoms with Gasteiger partial charge in [-0.3, -0.25) is 0 Å². The summed E-state index contributed by atoms with van der Waals surface area (Å²) < 4.78 is 5.19. The van der Waals surface area contributed by atoms with E-state index in [-0.39, 0.29) is 0 Å². The summed E-state index contributed by atoms with van der Waals surface area (Å²) in [5.41, 5.74) is 0.931. The van der Waals surface area contributed by atoms with Gasteiger partial charge in [-0.05, 0) is 32.6 Å². The fourth-order valence-corrected chi connectivity index (χ4v) is 1.33. The van der Waals surface area contributed by atoms with Crippen molar-refractivity contribution in [2.75, 3.05) is 5.32 Å². The van der Waals surface area contributed by atoms with Crippen LogP contribution < -0.4 is 5.32 Å². The number of aromatic nitrogens is 1. The number of oxazole rings is 1. The Kier molecular flexibility index (Phi) is 1.79. The van der Waals surface area contributed by atoms with Crippen molar-refractivity contribution in [3.05, 3.63) is 12.0 Å². The van der Waals surface area contributed by atoms with Gasteiger partial charge in [-0.25, -0.2) is 0 Å². The van der Waals surface area contributed by atoms with E-state index in [2.05, 4.69) is 17.2 Å². The summed E-state index contributed by atoms with van der Waals surface area (Å²) in [6.45, 7) is 4.10. The quantitative estimate of drug-likeness (QED) is 0.748. The molecule has 1 saturated carbocycles. The molecule has 0 saturated heterocycles. The number of hydrogen-bond donors (Lipinski definition) is 1. The maximum atomic E-state index is 5.19. The standard InChI is InChI=1S/C9H14N2O/c1-6-5-12-9(10-6)11-7(2)8-3-4-8/h5,7-8H,3-4H2,1-2H3,(H,10,11). The summed E-state index contributed by atoms with van der Waals surface area (Å²) in [6, 6.07) is 1.16. The average Bonchev–Trinajstić information content (AvgIpc) is 2.78. The van der Waals surface area contributed by atoms with Gasteiger partial charge in [0.05, 0.1) is 5.69 Å². The lowest BCUT2D eigenvalue weighted by Gasteiger charge is -2.09. The van der Waals surface area contributed by atoms with E-state index in [0.29, 0.717) is 12.1 Å². The first-order valence-corrected chi connectivity index (χ1v) is 4.44. The van der Waals surface area contributed by atoms with Gasteiger partial charge < -0.3 is 9.73 Å². The molecule has 3 nitrogen and oxygen atoms in total. The molecule has 1 fully saturated rings. The van der Waals surface area contributed by atoms with Crippen LogP contribution in [0, 0.1) is 12.8 Å². The summed E-state index contributed by atoms with van der Waals surface area (Å²) >= 11 is 0. The van der Waals surface area contributed by atoms with Gasteiger partial charge in [-0.1, -0.05) is 0 Å². The third kappa shape index (κ3) is 1.60. The van der Waals surface area contributed by atoms with E-state index in [0.717, 1.165) is 11.6 Å². The van der Waals surface area contributed by atoms with Crippen LogP contribution in [-0.2, 0) is 0 Å². The minimum absolute atomic E-state index is 0.503. The third-order valence-corrected chi connectivity index (χ3v) is 2.30. The fraction of sp³-hybridized carbons (Fsp3) is 0.667. The van der Waals surface area contributed by atoms with Crippen molar-refractivity contribution >= 4 is 6.01 Å². The minimum Gasteiger partial charge on any atom is -0.432 e. The fourth-order valence-electron chi connectivity index (χ4n) is 1.33. The van der Waals surface area contributed by atoms with Crippen molar-refractivity contribution in [2.24, 2.45) is 5.92 Å². The molecule has 1 aromatic rings. The van der Waals surface area contributed by atoms with Crippen molar-refractivity contribution < 1.29 is 4.42 Å². The Balaban J connectivity index is 1.93. The Morgan fingerprint density at radius 2 is 2.42 bits per heavy atom. The van der Waals surface area contributed by atoms with E-state index in [4.69, 9.17) is 4.42 Å². The SMILES string of the molecule is Cc1coc(NC(C)C2CC2)n1. The van der Waals surface area contributed by atoms with Gasteiger partial charge >= 0.3 is 0 Å². The maximum absolute atomic E-state index is 5.19. The van der Waals surface area contributed by atoms with Crippen molar-refractivity contribution in [3.8, 4) is 0 Å². The van der Waals surface area contributed by atoms with Gasteiger partial charge in [0.1, 0.15) is 6.26 Å². The van der Waals surface area contributed by atoms with Crippen LogP contribution in [0.4, 0.5) is 6.01 Å². The number of rotatable bonds is 3. The molecule has 2 rings (SSSR count). The van der Waals surface area contributed by atoms with Crippen LogP contribution in [0.5, 0.6) is 0 Å². The van der Waals surface area contributed by atoms with Crippen LogP contribution in [0.3, 0.4) is 0 Å². The van der Waals surface area contributed by atoms with Crippen molar-refractivity contribution in [1.82, 2.24) is 4.98 Å². The Hall–Kier alpha value is -0.990. The number of anilines is 1. The molecule has 66 valence electrons. The third-order valence-electron chi connectivity index (χ3n) is 2.30. The number of nitrogens with zero attached hydrogens (tertiary/aromatic N) is 1. The zero-order valence-corrected chi connectivity index (χ0v) is 7.50. The summed E-state index contributed by atoms with van der Waals surface area (Å²) in [5.74, 6) is 0.831. The molecule has 1 unspecified atom stereocenters. The van der Waals surface area contributed by atoms with E-state index in [9.17, 15) is 0 Å². The first kappa shape index (κ1) is 7.65. The molecule has 0 aromatic carbocycles. The zero-order chi connectivity index (χ0) is 8.55. The van der Waals surface area contributed by atoms with E-state index < -0.39 is 0 Å². The first-order chi connectivity index (χ1) is 5.75. The molecular weight excluding hydrogens is 152 g/mol. The highest BCUT2D eigenvalue weighted by Crippen LogP contribution is 2.33. The topological polar surface area (TPSA) is 38.1 Å². The maximum Gasteiger partial charge on any atom is 0.294 e. The molecule has 3 heteroatoms. The van der Waals surface area contributed by atoms with Gasteiger partial charge in [-0.15, -0.1) is 0 Å². The molecule has 0 radical (unpaired) electrons. The van der Waals surface area contributed by atoms with E-state index in [1.54, 1.807) is 6.26 Å². The van der Waals surface area contributed by atoms with Gasteiger partial charge in [0, 0.05) is 6.04 Å². The molecule has 1 heterocycles.